The van der Waals surface area contributed by atoms with Gasteiger partial charge in [0.25, 0.3) is 5.91 Å². The van der Waals surface area contributed by atoms with Crippen LogP contribution in [0.4, 0.5) is 16.4 Å². The Morgan fingerprint density at radius 2 is 1.89 bits per heavy atom. The lowest BCUT2D eigenvalue weighted by Gasteiger charge is -2.34. The number of imidazole rings is 2. The van der Waals surface area contributed by atoms with Gasteiger partial charge in [0.05, 0.1) is 12.9 Å². The second-order valence-corrected chi connectivity index (χ2v) is 10.2. The van der Waals surface area contributed by atoms with Crippen LogP contribution in [-0.4, -0.2) is 66.3 Å². The first-order valence-electron chi connectivity index (χ1n) is 10.8. The van der Waals surface area contributed by atoms with E-state index in [4.69, 9.17) is 34.8 Å². The topological polar surface area (TPSA) is 174 Å². The molecule has 0 spiro atoms. The molecule has 3 heterocycles. The Labute approximate surface area is 228 Å². The minimum absolute atomic E-state index is 0.0530. The molecule has 2 N–H and O–H groups in total. The van der Waals surface area contributed by atoms with E-state index in [0.29, 0.717) is 11.4 Å². The average Bonchev–Trinajstić information content (AvgIpc) is 3.45. The van der Waals surface area contributed by atoms with Crippen LogP contribution in [0, 0.1) is 17.0 Å². The Hall–Kier alpha value is -4.01. The fourth-order valence-electron chi connectivity index (χ4n) is 3.78. The number of nitrogens with one attached hydrogen (secondary N) is 1. The number of carbonyl (C=O) groups excluding carboxylic acids is 1. The van der Waals surface area contributed by atoms with E-state index in [2.05, 4.69) is 25.3 Å². The molecule has 0 radical (unpaired) electrons. The first-order valence-corrected chi connectivity index (χ1v) is 11.9. The maximum atomic E-state index is 12.6. The number of aryl methyl sites for hydroxylation is 1. The molecule has 198 valence electrons. The van der Waals surface area contributed by atoms with Crippen molar-refractivity contribution >= 4 is 69.6 Å². The highest BCUT2D eigenvalue weighted by molar-refractivity contribution is 6.68. The Morgan fingerprint density at radius 1 is 1.18 bits per heavy atom. The first-order chi connectivity index (χ1) is 18.0. The molecule has 0 saturated heterocycles. The Balaban J connectivity index is 1.70. The highest BCUT2D eigenvalue weighted by Crippen LogP contribution is 2.42. The first kappa shape index (κ1) is 27.0. The summed E-state index contributed by atoms with van der Waals surface area (Å²) in [6.45, 7) is 1.05. The van der Waals surface area contributed by atoms with Gasteiger partial charge in [0.2, 0.25) is 3.79 Å². The van der Waals surface area contributed by atoms with E-state index >= 15 is 0 Å². The number of hydrogen-bond acceptors (Lipinski definition) is 8. The van der Waals surface area contributed by atoms with Crippen molar-refractivity contribution in [2.75, 3.05) is 11.9 Å². The highest BCUT2D eigenvalue weighted by atomic mass is 35.6. The molecule has 4 rings (SSSR count). The Bertz CT molecular complexity index is 1500. The number of hydrogen-bond donors (Lipinski definition) is 2. The van der Waals surface area contributed by atoms with E-state index in [0.717, 1.165) is 17.4 Å². The van der Waals surface area contributed by atoms with Gasteiger partial charge in [0.15, 0.2) is 29.0 Å². The van der Waals surface area contributed by atoms with Gasteiger partial charge >= 0.3 is 11.9 Å². The van der Waals surface area contributed by atoms with Crippen LogP contribution in [-0.2, 0) is 6.54 Å². The Kier molecular flexibility index (Phi) is 7.66. The third-order valence-corrected chi connectivity index (χ3v) is 6.09. The van der Waals surface area contributed by atoms with Gasteiger partial charge in [-0.2, -0.15) is 0 Å². The molecule has 0 bridgehead atoms. The van der Waals surface area contributed by atoms with Crippen molar-refractivity contribution in [3.05, 3.63) is 70.7 Å². The molecular formula is C21H18Cl3N9O5. The van der Waals surface area contributed by atoms with Crippen molar-refractivity contribution in [1.29, 1.82) is 0 Å². The predicted octanol–water partition coefficient (Wildman–Crippen LogP) is 4.04. The van der Waals surface area contributed by atoms with E-state index in [1.807, 2.05) is 0 Å². The van der Waals surface area contributed by atoms with Gasteiger partial charge in [-0.3, -0.25) is 14.3 Å². The molecule has 0 aliphatic rings. The molecule has 14 nitrogen and oxygen atoms in total. The van der Waals surface area contributed by atoms with Crippen LogP contribution < -0.4 is 5.32 Å². The number of aromatic nitrogens is 6. The number of rotatable bonds is 8. The molecular weight excluding hydrogens is 565 g/mol. The number of nitro groups is 1. The highest BCUT2D eigenvalue weighted by Gasteiger charge is 2.43. The summed E-state index contributed by atoms with van der Waals surface area (Å²) in [6.07, 6.45) is 0.421. The smallest absolute Gasteiger partial charge is 0.409 e. The lowest BCUT2D eigenvalue weighted by molar-refractivity contribution is -0.392. The molecule has 0 aliphatic heterocycles. The SMILES string of the molecule is Cc1ncc([N+](=O)[O-])n1CCN(C(=O)O)C(n1cnc2c(NC(=O)c3ccccc3)ncnc21)C(Cl)(Cl)Cl. The summed E-state index contributed by atoms with van der Waals surface area (Å²) in [4.78, 5) is 52.8. The summed E-state index contributed by atoms with van der Waals surface area (Å²) >= 11 is 18.7. The zero-order chi connectivity index (χ0) is 27.6. The normalized spacial score (nSPS) is 12.3. The van der Waals surface area contributed by atoms with Crippen LogP contribution in [0.25, 0.3) is 11.2 Å². The second-order valence-electron chi connectivity index (χ2n) is 7.83. The molecule has 0 fully saturated rings. The van der Waals surface area contributed by atoms with Crippen molar-refractivity contribution in [2.45, 2.75) is 23.4 Å². The zero-order valence-corrected chi connectivity index (χ0v) is 21.7. The van der Waals surface area contributed by atoms with Crippen LogP contribution in [0.3, 0.4) is 0 Å². The van der Waals surface area contributed by atoms with Gasteiger partial charge in [0, 0.05) is 12.5 Å². The summed E-state index contributed by atoms with van der Waals surface area (Å²) in [5, 5.41) is 24.0. The number of carboxylic acid groups (broad SMARTS) is 1. The summed E-state index contributed by atoms with van der Waals surface area (Å²) in [7, 11) is 0. The fourth-order valence-corrected chi connectivity index (χ4v) is 4.45. The van der Waals surface area contributed by atoms with E-state index in [1.165, 1.54) is 22.4 Å². The van der Waals surface area contributed by atoms with Gasteiger partial charge in [-0.1, -0.05) is 53.0 Å². The number of halogens is 3. The zero-order valence-electron chi connectivity index (χ0n) is 19.4. The van der Waals surface area contributed by atoms with Gasteiger partial charge in [-0.25, -0.2) is 29.3 Å². The molecule has 0 aliphatic carbocycles. The quantitative estimate of drug-likeness (QED) is 0.176. The molecule has 4 aromatic rings. The second kappa shape index (κ2) is 10.8. The lowest BCUT2D eigenvalue weighted by atomic mass is 10.2. The van der Waals surface area contributed by atoms with Crippen molar-refractivity contribution in [3.8, 4) is 0 Å². The number of fused-ring (bicyclic) bond motifs is 1. The molecule has 2 amide bonds. The van der Waals surface area contributed by atoms with Gasteiger partial charge in [-0.05, 0) is 17.1 Å². The third-order valence-electron chi connectivity index (χ3n) is 5.51. The standard InChI is InChI=1S/C21H18Cl3N9O5/c1-12-25-9-14(33(37)38)30(12)7-8-31(20(35)36)19(21(22,23)24)32-11-28-15-16(26-10-27-17(15)32)29-18(34)13-5-3-2-4-6-13/h2-6,9-11,19H,7-8H2,1H3,(H,35,36)(H,26,27,29,34). The van der Waals surface area contributed by atoms with E-state index in [9.17, 15) is 24.8 Å². The summed E-state index contributed by atoms with van der Waals surface area (Å²) in [5.74, 6) is -0.426. The van der Waals surface area contributed by atoms with Crippen LogP contribution in [0.15, 0.2) is 49.2 Å². The number of carbonyl (C=O) groups is 2. The number of amides is 2. The van der Waals surface area contributed by atoms with Crippen LogP contribution in [0.1, 0.15) is 22.3 Å². The predicted molar refractivity (Wildman–Crippen MR) is 137 cm³/mol. The lowest BCUT2D eigenvalue weighted by Crippen LogP contribution is -2.45. The maximum absolute atomic E-state index is 12.6. The summed E-state index contributed by atoms with van der Waals surface area (Å²) in [6, 6.07) is 8.39. The minimum atomic E-state index is -2.24. The van der Waals surface area contributed by atoms with E-state index in [1.54, 1.807) is 30.3 Å². The molecule has 17 heteroatoms. The number of anilines is 1. The third kappa shape index (κ3) is 5.46. The van der Waals surface area contributed by atoms with Gasteiger partial charge < -0.3 is 20.5 Å². The molecule has 1 aromatic carbocycles. The van der Waals surface area contributed by atoms with Crippen LogP contribution in [0.2, 0.25) is 0 Å². The molecule has 1 atom stereocenters. The van der Waals surface area contributed by atoms with Crippen LogP contribution in [0.5, 0.6) is 0 Å². The molecule has 0 saturated carbocycles. The average molecular weight is 583 g/mol. The van der Waals surface area contributed by atoms with Crippen molar-refractivity contribution in [3.63, 3.8) is 0 Å². The van der Waals surface area contributed by atoms with Crippen molar-refractivity contribution in [1.82, 2.24) is 34.0 Å². The number of nitrogens with zero attached hydrogens (tertiary/aromatic N) is 8. The van der Waals surface area contributed by atoms with E-state index < -0.39 is 26.9 Å². The van der Waals surface area contributed by atoms with Crippen molar-refractivity contribution < 1.29 is 19.6 Å². The minimum Gasteiger partial charge on any atom is -0.465 e. The largest absolute Gasteiger partial charge is 0.465 e. The van der Waals surface area contributed by atoms with Crippen LogP contribution >= 0.6 is 34.8 Å². The fraction of sp³-hybridized carbons (Fsp3) is 0.238. The number of benzene rings is 1. The van der Waals surface area contributed by atoms with Crippen molar-refractivity contribution in [2.24, 2.45) is 0 Å². The molecule has 38 heavy (non-hydrogen) atoms. The number of alkyl halides is 3. The van der Waals surface area contributed by atoms with Gasteiger partial charge in [0.1, 0.15) is 19.1 Å². The van der Waals surface area contributed by atoms with Gasteiger partial charge in [-0.15, -0.1) is 0 Å². The Morgan fingerprint density at radius 3 is 2.53 bits per heavy atom. The summed E-state index contributed by atoms with van der Waals surface area (Å²) in [5.41, 5.74) is 0.553. The van der Waals surface area contributed by atoms with E-state index in [-0.39, 0.29) is 35.9 Å². The maximum Gasteiger partial charge on any atom is 0.409 e. The molecule has 3 aromatic heterocycles. The monoisotopic (exact) mass is 581 g/mol. The summed E-state index contributed by atoms with van der Waals surface area (Å²) < 4.78 is 0.211. The molecule has 1 unspecified atom stereocenters.